The summed E-state index contributed by atoms with van der Waals surface area (Å²) in [6, 6.07) is 0. The van der Waals surface area contributed by atoms with Crippen LogP contribution in [-0.4, -0.2) is 47.4 Å². The van der Waals surface area contributed by atoms with Gasteiger partial charge in [0.25, 0.3) is 0 Å². The Hall–Kier alpha value is -0.750. The molecule has 0 aromatic rings. The van der Waals surface area contributed by atoms with E-state index in [1.165, 1.54) is 0 Å². The summed E-state index contributed by atoms with van der Waals surface area (Å²) in [4.78, 5) is 23.3. The van der Waals surface area contributed by atoms with Gasteiger partial charge in [0, 0.05) is 6.61 Å². The fourth-order valence-electron chi connectivity index (χ4n) is 3.17. The van der Waals surface area contributed by atoms with Crippen molar-refractivity contribution in [1.29, 1.82) is 0 Å². The van der Waals surface area contributed by atoms with Gasteiger partial charge in [0.05, 0.1) is 12.2 Å². The smallest absolute Gasteiger partial charge is 0.320 e. The number of hydrogen-bond donors (Lipinski definition) is 1. The van der Waals surface area contributed by atoms with Gasteiger partial charge in [0.15, 0.2) is 5.92 Å². The molecule has 2 fully saturated rings. The van der Waals surface area contributed by atoms with Crippen molar-refractivity contribution in [2.75, 3.05) is 24.7 Å². The fraction of sp³-hybridized carbons (Fsp3) is 0.857. The van der Waals surface area contributed by atoms with Crippen LogP contribution in [0.5, 0.6) is 0 Å². The van der Waals surface area contributed by atoms with Crippen LogP contribution in [0, 0.1) is 11.8 Å². The van der Waals surface area contributed by atoms with E-state index < -0.39 is 17.9 Å². The van der Waals surface area contributed by atoms with Crippen molar-refractivity contribution in [3.8, 4) is 0 Å². The first-order chi connectivity index (χ1) is 9.58. The van der Waals surface area contributed by atoms with Gasteiger partial charge < -0.3 is 14.6 Å². The van der Waals surface area contributed by atoms with Crippen molar-refractivity contribution >= 4 is 23.7 Å². The number of hydrogen-bond acceptors (Lipinski definition) is 5. The number of carboxylic acids is 1. The molecule has 2 saturated heterocycles. The first-order valence-corrected chi connectivity index (χ1v) is 8.34. The summed E-state index contributed by atoms with van der Waals surface area (Å²) in [5.41, 5.74) is -0.214. The van der Waals surface area contributed by atoms with Gasteiger partial charge in [-0.05, 0) is 50.0 Å². The van der Waals surface area contributed by atoms with E-state index in [0.29, 0.717) is 19.4 Å². The normalized spacial score (nSPS) is 26.9. The molecule has 1 spiro atoms. The van der Waals surface area contributed by atoms with Crippen LogP contribution in [0.4, 0.5) is 0 Å². The van der Waals surface area contributed by atoms with Crippen LogP contribution >= 0.6 is 11.8 Å². The third-order valence-corrected chi connectivity index (χ3v) is 5.20. The van der Waals surface area contributed by atoms with E-state index in [4.69, 9.17) is 9.47 Å². The number of carbonyl (C=O) groups is 2. The number of ether oxygens (including phenoxy) is 2. The first kappa shape index (κ1) is 15.6. The van der Waals surface area contributed by atoms with E-state index in [1.807, 2.05) is 11.8 Å². The number of carboxylic acid groups (broad SMARTS) is 1. The van der Waals surface area contributed by atoms with Gasteiger partial charge in [0.2, 0.25) is 0 Å². The highest BCUT2D eigenvalue weighted by Gasteiger charge is 2.45. The summed E-state index contributed by atoms with van der Waals surface area (Å²) in [6.45, 7) is 2.45. The molecule has 5 nitrogen and oxygen atoms in total. The molecular formula is C14H22O5S. The molecule has 2 unspecified atom stereocenters. The molecule has 0 aliphatic carbocycles. The van der Waals surface area contributed by atoms with Gasteiger partial charge in [-0.15, -0.1) is 0 Å². The highest BCUT2D eigenvalue weighted by atomic mass is 32.2. The SMILES string of the molecule is CCOC(=O)C(C(=O)O)C1CCOC2(CCSCC2)C1. The van der Waals surface area contributed by atoms with E-state index in [1.54, 1.807) is 6.92 Å². The van der Waals surface area contributed by atoms with Crippen molar-refractivity contribution < 1.29 is 24.2 Å². The summed E-state index contributed by atoms with van der Waals surface area (Å²) in [5, 5.41) is 9.36. The van der Waals surface area contributed by atoms with Gasteiger partial charge >= 0.3 is 11.9 Å². The van der Waals surface area contributed by atoms with Crippen LogP contribution < -0.4 is 0 Å². The highest BCUT2D eigenvalue weighted by molar-refractivity contribution is 7.99. The average molecular weight is 302 g/mol. The lowest BCUT2D eigenvalue weighted by Crippen LogP contribution is -2.47. The topological polar surface area (TPSA) is 72.8 Å². The predicted molar refractivity (Wildman–Crippen MR) is 75.7 cm³/mol. The minimum atomic E-state index is -1.07. The molecule has 1 N–H and O–H groups in total. The Morgan fingerprint density at radius 3 is 2.75 bits per heavy atom. The fourth-order valence-corrected chi connectivity index (χ4v) is 4.41. The van der Waals surface area contributed by atoms with E-state index in [-0.39, 0.29) is 18.1 Å². The molecule has 2 heterocycles. The quantitative estimate of drug-likeness (QED) is 0.632. The molecule has 2 aliphatic rings. The second-order valence-corrected chi connectivity index (χ2v) is 6.69. The summed E-state index contributed by atoms with van der Waals surface area (Å²) in [6.07, 6.45) is 3.17. The average Bonchev–Trinajstić information content (AvgIpc) is 2.39. The van der Waals surface area contributed by atoms with Crippen LogP contribution in [-0.2, 0) is 19.1 Å². The summed E-state index contributed by atoms with van der Waals surface area (Å²) in [5.74, 6) is -0.815. The molecule has 2 atom stereocenters. The Morgan fingerprint density at radius 1 is 1.45 bits per heavy atom. The van der Waals surface area contributed by atoms with Crippen molar-refractivity contribution in [2.24, 2.45) is 11.8 Å². The molecular weight excluding hydrogens is 280 g/mol. The molecule has 2 aliphatic heterocycles. The highest BCUT2D eigenvalue weighted by Crippen LogP contribution is 2.42. The maximum atomic E-state index is 11.9. The molecule has 20 heavy (non-hydrogen) atoms. The zero-order valence-electron chi connectivity index (χ0n) is 11.8. The Morgan fingerprint density at radius 2 is 2.15 bits per heavy atom. The molecule has 114 valence electrons. The van der Waals surface area contributed by atoms with Gasteiger partial charge in [-0.25, -0.2) is 0 Å². The first-order valence-electron chi connectivity index (χ1n) is 7.19. The molecule has 0 amide bonds. The third-order valence-electron chi connectivity index (χ3n) is 4.21. The van der Waals surface area contributed by atoms with Gasteiger partial charge in [-0.2, -0.15) is 11.8 Å². The number of esters is 1. The van der Waals surface area contributed by atoms with Gasteiger partial charge in [-0.1, -0.05) is 0 Å². The third kappa shape index (κ3) is 3.47. The second kappa shape index (κ2) is 6.80. The Kier molecular flexibility index (Phi) is 5.32. The van der Waals surface area contributed by atoms with Crippen molar-refractivity contribution in [3.63, 3.8) is 0 Å². The van der Waals surface area contributed by atoms with Gasteiger partial charge in [-0.3, -0.25) is 9.59 Å². The summed E-state index contributed by atoms with van der Waals surface area (Å²) < 4.78 is 10.9. The minimum absolute atomic E-state index is 0.177. The van der Waals surface area contributed by atoms with E-state index in [2.05, 4.69) is 0 Å². The lowest BCUT2D eigenvalue weighted by atomic mass is 9.76. The van der Waals surface area contributed by atoms with Crippen LogP contribution in [0.1, 0.15) is 32.6 Å². The van der Waals surface area contributed by atoms with Crippen molar-refractivity contribution in [2.45, 2.75) is 38.2 Å². The summed E-state index contributed by atoms with van der Waals surface area (Å²) >= 11 is 1.90. The van der Waals surface area contributed by atoms with E-state index >= 15 is 0 Å². The summed E-state index contributed by atoms with van der Waals surface area (Å²) in [7, 11) is 0. The van der Waals surface area contributed by atoms with Crippen molar-refractivity contribution in [1.82, 2.24) is 0 Å². The molecule has 0 radical (unpaired) electrons. The molecule has 0 bridgehead atoms. The molecule has 6 heteroatoms. The largest absolute Gasteiger partial charge is 0.481 e. The minimum Gasteiger partial charge on any atom is -0.481 e. The zero-order valence-corrected chi connectivity index (χ0v) is 12.6. The van der Waals surface area contributed by atoms with Crippen LogP contribution in [0.2, 0.25) is 0 Å². The van der Waals surface area contributed by atoms with Crippen LogP contribution in [0.15, 0.2) is 0 Å². The number of thioether (sulfide) groups is 1. The number of carbonyl (C=O) groups excluding carboxylic acids is 1. The Balaban J connectivity index is 2.08. The Labute approximate surface area is 123 Å². The second-order valence-electron chi connectivity index (χ2n) is 5.46. The maximum Gasteiger partial charge on any atom is 0.320 e. The molecule has 0 saturated carbocycles. The lowest BCUT2D eigenvalue weighted by molar-refractivity contribution is -0.168. The standard InChI is InChI=1S/C14H22O5S/c1-2-18-13(17)11(12(15)16)10-3-6-19-14(9-10)4-7-20-8-5-14/h10-11H,2-9H2,1H3,(H,15,16). The molecule has 0 aromatic heterocycles. The molecule has 0 aromatic carbocycles. The number of aliphatic carboxylic acids is 1. The molecule has 2 rings (SSSR count). The monoisotopic (exact) mass is 302 g/mol. The van der Waals surface area contributed by atoms with Gasteiger partial charge in [0.1, 0.15) is 0 Å². The lowest BCUT2D eigenvalue weighted by Gasteiger charge is -2.44. The predicted octanol–water partition coefficient (Wildman–Crippen LogP) is 1.94. The van der Waals surface area contributed by atoms with Crippen LogP contribution in [0.25, 0.3) is 0 Å². The van der Waals surface area contributed by atoms with Crippen LogP contribution in [0.3, 0.4) is 0 Å². The Bertz CT molecular complexity index is 359. The maximum absolute atomic E-state index is 11.9. The van der Waals surface area contributed by atoms with E-state index in [0.717, 1.165) is 24.3 Å². The van der Waals surface area contributed by atoms with E-state index in [9.17, 15) is 14.7 Å². The number of rotatable bonds is 4. The zero-order chi connectivity index (χ0) is 14.6. The van der Waals surface area contributed by atoms with Crippen molar-refractivity contribution in [3.05, 3.63) is 0 Å².